The van der Waals surface area contributed by atoms with E-state index in [0.717, 1.165) is 22.2 Å². The molecule has 0 radical (unpaired) electrons. The summed E-state index contributed by atoms with van der Waals surface area (Å²) in [6.07, 6.45) is 0. The quantitative estimate of drug-likeness (QED) is 0.464. The number of benzene rings is 2. The van der Waals surface area contributed by atoms with Crippen LogP contribution in [0.5, 0.6) is 0 Å². The molecular formula is C23H25N3O4. The van der Waals surface area contributed by atoms with E-state index in [1.165, 1.54) is 4.90 Å². The second-order valence-corrected chi connectivity index (χ2v) is 7.34. The molecule has 1 aromatic heterocycles. The molecule has 7 nitrogen and oxygen atoms in total. The van der Waals surface area contributed by atoms with Crippen molar-refractivity contribution in [1.82, 2.24) is 9.55 Å². The molecule has 0 saturated heterocycles. The van der Waals surface area contributed by atoms with Crippen molar-refractivity contribution in [2.75, 3.05) is 31.8 Å². The van der Waals surface area contributed by atoms with Gasteiger partial charge in [-0.15, -0.1) is 0 Å². The molecule has 7 heteroatoms. The van der Waals surface area contributed by atoms with Crippen molar-refractivity contribution < 1.29 is 19.1 Å². The molecule has 1 aliphatic heterocycles. The van der Waals surface area contributed by atoms with Crippen molar-refractivity contribution in [3.8, 4) is 0 Å². The molecular weight excluding hydrogens is 382 g/mol. The van der Waals surface area contributed by atoms with Crippen molar-refractivity contribution in [3.63, 3.8) is 0 Å². The fourth-order valence-corrected chi connectivity index (χ4v) is 4.10. The number of hydrogen-bond donors (Lipinski definition) is 0. The van der Waals surface area contributed by atoms with Crippen LogP contribution in [0.3, 0.4) is 0 Å². The topological polar surface area (TPSA) is 73.7 Å². The Labute approximate surface area is 175 Å². The van der Waals surface area contributed by atoms with E-state index in [0.29, 0.717) is 19.1 Å². The summed E-state index contributed by atoms with van der Waals surface area (Å²) in [7, 11) is 1.58. The lowest BCUT2D eigenvalue weighted by Gasteiger charge is -2.37. The maximum atomic E-state index is 13.6. The van der Waals surface area contributed by atoms with E-state index >= 15 is 0 Å². The first-order chi connectivity index (χ1) is 14.6. The summed E-state index contributed by atoms with van der Waals surface area (Å²) < 4.78 is 12.5. The summed E-state index contributed by atoms with van der Waals surface area (Å²) in [5, 5.41) is 0. The van der Waals surface area contributed by atoms with E-state index in [1.54, 1.807) is 14.0 Å². The van der Waals surface area contributed by atoms with Gasteiger partial charge >= 0.3 is 5.97 Å². The Kier molecular flexibility index (Phi) is 5.55. The molecule has 0 spiro atoms. The number of carbonyl (C=O) groups excluding carboxylic acids is 2. The average molecular weight is 407 g/mol. The van der Waals surface area contributed by atoms with Gasteiger partial charge in [-0.05, 0) is 31.5 Å². The minimum atomic E-state index is -1.01. The minimum Gasteiger partial charge on any atom is -0.465 e. The summed E-state index contributed by atoms with van der Waals surface area (Å²) in [6, 6.07) is 15.0. The summed E-state index contributed by atoms with van der Waals surface area (Å²) >= 11 is 0. The van der Waals surface area contributed by atoms with Gasteiger partial charge < -0.3 is 14.0 Å². The highest BCUT2D eigenvalue weighted by Gasteiger charge is 2.47. The number of fused-ring (bicyclic) bond motifs is 3. The lowest BCUT2D eigenvalue weighted by atomic mass is 9.88. The number of imidazole rings is 1. The number of nitrogens with zero attached hydrogens (tertiary/aromatic N) is 3. The van der Waals surface area contributed by atoms with Crippen LogP contribution < -0.4 is 4.90 Å². The SMILES string of the molecule is CCOC(=O)[C@@H]1C(=O)N(CCOC)c2nc3ccccc3n2[C@H]1c1cccc(C)c1. The van der Waals surface area contributed by atoms with Gasteiger partial charge in [-0.2, -0.15) is 0 Å². The van der Waals surface area contributed by atoms with Crippen LogP contribution in [0.25, 0.3) is 11.0 Å². The van der Waals surface area contributed by atoms with E-state index < -0.39 is 17.9 Å². The van der Waals surface area contributed by atoms with E-state index in [9.17, 15) is 9.59 Å². The maximum absolute atomic E-state index is 13.6. The number of anilines is 1. The third kappa shape index (κ3) is 3.35. The molecule has 0 saturated carbocycles. The Morgan fingerprint density at radius 1 is 1.17 bits per heavy atom. The fraction of sp³-hybridized carbons (Fsp3) is 0.348. The average Bonchev–Trinajstić information content (AvgIpc) is 3.11. The number of aromatic nitrogens is 2. The van der Waals surface area contributed by atoms with Crippen molar-refractivity contribution in [2.45, 2.75) is 19.9 Å². The van der Waals surface area contributed by atoms with Gasteiger partial charge in [0.05, 0.1) is 36.8 Å². The Balaban J connectivity index is 1.98. The number of aryl methyl sites for hydroxylation is 1. The molecule has 156 valence electrons. The summed E-state index contributed by atoms with van der Waals surface area (Å²) in [6.45, 7) is 4.58. The molecule has 4 rings (SSSR count). The van der Waals surface area contributed by atoms with Crippen LogP contribution in [0, 0.1) is 12.8 Å². The maximum Gasteiger partial charge on any atom is 0.321 e. The highest BCUT2D eigenvalue weighted by atomic mass is 16.5. The summed E-state index contributed by atoms with van der Waals surface area (Å²) in [5.41, 5.74) is 3.56. The monoisotopic (exact) mass is 407 g/mol. The molecule has 0 aliphatic carbocycles. The van der Waals surface area contributed by atoms with Crippen LogP contribution in [-0.4, -0.2) is 48.3 Å². The highest BCUT2D eigenvalue weighted by Crippen LogP contribution is 2.41. The lowest BCUT2D eigenvalue weighted by molar-refractivity contribution is -0.153. The number of methoxy groups -OCH3 is 1. The van der Waals surface area contributed by atoms with E-state index in [4.69, 9.17) is 14.5 Å². The number of hydrogen-bond acceptors (Lipinski definition) is 5. The van der Waals surface area contributed by atoms with Crippen molar-refractivity contribution in [3.05, 3.63) is 59.7 Å². The van der Waals surface area contributed by atoms with E-state index in [-0.39, 0.29) is 12.5 Å². The van der Waals surface area contributed by atoms with Gasteiger partial charge in [0, 0.05) is 7.11 Å². The number of rotatable bonds is 6. The zero-order valence-electron chi connectivity index (χ0n) is 17.4. The van der Waals surface area contributed by atoms with Gasteiger partial charge in [0.25, 0.3) is 0 Å². The fourth-order valence-electron chi connectivity index (χ4n) is 4.10. The third-order valence-corrected chi connectivity index (χ3v) is 5.39. The first kappa shape index (κ1) is 20.1. The first-order valence-corrected chi connectivity index (χ1v) is 10.1. The van der Waals surface area contributed by atoms with Gasteiger partial charge in [-0.1, -0.05) is 42.0 Å². The molecule has 1 amide bonds. The Morgan fingerprint density at radius 2 is 1.97 bits per heavy atom. The van der Waals surface area contributed by atoms with Gasteiger partial charge in [0.15, 0.2) is 5.92 Å². The van der Waals surface area contributed by atoms with E-state index in [2.05, 4.69) is 0 Å². The van der Waals surface area contributed by atoms with Gasteiger partial charge in [-0.25, -0.2) is 4.98 Å². The molecule has 1 aliphatic rings. The molecule has 2 aromatic carbocycles. The van der Waals surface area contributed by atoms with Crippen molar-refractivity contribution >= 4 is 28.9 Å². The zero-order valence-corrected chi connectivity index (χ0v) is 17.4. The van der Waals surface area contributed by atoms with Crippen LogP contribution in [0.15, 0.2) is 48.5 Å². The second-order valence-electron chi connectivity index (χ2n) is 7.34. The normalized spacial score (nSPS) is 18.5. The predicted octanol–water partition coefficient (Wildman–Crippen LogP) is 3.11. The predicted molar refractivity (Wildman–Crippen MR) is 113 cm³/mol. The van der Waals surface area contributed by atoms with Crippen LogP contribution in [0.4, 0.5) is 5.95 Å². The Bertz CT molecular complexity index is 1090. The number of para-hydroxylation sites is 2. The Hall–Kier alpha value is -3.19. The van der Waals surface area contributed by atoms with Gasteiger partial charge in [-0.3, -0.25) is 14.5 Å². The molecule has 0 unspecified atom stereocenters. The number of ether oxygens (including phenoxy) is 2. The van der Waals surface area contributed by atoms with Crippen LogP contribution in [-0.2, 0) is 19.1 Å². The van der Waals surface area contributed by atoms with Crippen LogP contribution >= 0.6 is 0 Å². The highest BCUT2D eigenvalue weighted by molar-refractivity contribution is 6.08. The molecule has 0 fully saturated rings. The minimum absolute atomic E-state index is 0.207. The first-order valence-electron chi connectivity index (χ1n) is 10.1. The smallest absolute Gasteiger partial charge is 0.321 e. The number of amides is 1. The number of carbonyl (C=O) groups is 2. The molecule has 30 heavy (non-hydrogen) atoms. The van der Waals surface area contributed by atoms with Crippen LogP contribution in [0.2, 0.25) is 0 Å². The van der Waals surface area contributed by atoms with Crippen molar-refractivity contribution in [2.24, 2.45) is 5.92 Å². The third-order valence-electron chi connectivity index (χ3n) is 5.39. The largest absolute Gasteiger partial charge is 0.465 e. The van der Waals surface area contributed by atoms with E-state index in [1.807, 2.05) is 60.0 Å². The summed E-state index contributed by atoms with van der Waals surface area (Å²) in [4.78, 5) is 32.9. The molecule has 3 aromatic rings. The second kappa shape index (κ2) is 8.28. The Morgan fingerprint density at radius 3 is 2.70 bits per heavy atom. The molecule has 0 bridgehead atoms. The van der Waals surface area contributed by atoms with Crippen LogP contribution in [0.1, 0.15) is 24.1 Å². The standard InChI is InChI=1S/C23H25N3O4/c1-4-30-22(28)19-20(16-9-7-8-15(2)14-16)26-18-11-6-5-10-17(18)24-23(26)25(21(19)27)12-13-29-3/h5-11,14,19-20H,4,12-13H2,1-3H3/t19-,20-/m0/s1. The molecule has 2 atom stereocenters. The van der Waals surface area contributed by atoms with Crippen molar-refractivity contribution in [1.29, 1.82) is 0 Å². The number of esters is 1. The molecule has 2 heterocycles. The lowest BCUT2D eigenvalue weighted by Crippen LogP contribution is -2.51. The molecule has 0 N–H and O–H groups in total. The van der Waals surface area contributed by atoms with Gasteiger partial charge in [0.2, 0.25) is 11.9 Å². The zero-order chi connectivity index (χ0) is 21.3. The summed E-state index contributed by atoms with van der Waals surface area (Å²) in [5.74, 6) is -1.33. The van der Waals surface area contributed by atoms with Gasteiger partial charge in [0.1, 0.15) is 0 Å².